The van der Waals surface area contributed by atoms with Gasteiger partial charge in [0.05, 0.1) is 33.8 Å². The second-order valence-electron chi connectivity index (χ2n) is 9.47. The van der Waals surface area contributed by atoms with Crippen molar-refractivity contribution in [2.24, 2.45) is 0 Å². The summed E-state index contributed by atoms with van der Waals surface area (Å²) in [5, 5.41) is 0. The minimum absolute atomic E-state index is 0.0141. The Hall–Kier alpha value is -4.20. The van der Waals surface area contributed by atoms with Crippen molar-refractivity contribution in [1.82, 2.24) is 9.80 Å². The van der Waals surface area contributed by atoms with E-state index in [2.05, 4.69) is 17.0 Å². The van der Waals surface area contributed by atoms with Crippen LogP contribution in [0.3, 0.4) is 0 Å². The Labute approximate surface area is 223 Å². The zero-order valence-electron chi connectivity index (χ0n) is 22.1. The van der Waals surface area contributed by atoms with Crippen LogP contribution in [0.2, 0.25) is 0 Å². The molecule has 8 heteroatoms. The summed E-state index contributed by atoms with van der Waals surface area (Å²) in [5.41, 5.74) is 3.56. The number of carbonyl (C=O) groups excluding carboxylic acids is 2. The first-order valence-corrected chi connectivity index (χ1v) is 12.8. The van der Waals surface area contributed by atoms with E-state index in [1.807, 2.05) is 59.5 Å². The van der Waals surface area contributed by atoms with Crippen LogP contribution in [0.5, 0.6) is 17.2 Å². The van der Waals surface area contributed by atoms with Crippen LogP contribution in [0, 0.1) is 0 Å². The highest BCUT2D eigenvalue weighted by Crippen LogP contribution is 2.43. The molecule has 1 unspecified atom stereocenters. The van der Waals surface area contributed by atoms with Crippen molar-refractivity contribution in [3.8, 4) is 17.2 Å². The minimum Gasteiger partial charge on any atom is -0.493 e. The SMILES string of the molecule is COc1cc(C(CC(=O)N2CCN(c3ccccc3)CC2)N2Cc3ccccc3C2=O)cc(OC)c1OC. The molecule has 5 rings (SSSR count). The van der Waals surface area contributed by atoms with E-state index in [0.717, 1.165) is 29.9 Å². The minimum atomic E-state index is -0.497. The molecular weight excluding hydrogens is 482 g/mol. The van der Waals surface area contributed by atoms with E-state index in [0.29, 0.717) is 42.4 Å². The van der Waals surface area contributed by atoms with Crippen molar-refractivity contribution in [3.05, 3.63) is 83.4 Å². The van der Waals surface area contributed by atoms with Gasteiger partial charge in [0.15, 0.2) is 11.5 Å². The molecule has 0 N–H and O–H groups in total. The molecule has 2 amide bonds. The average molecular weight is 516 g/mol. The van der Waals surface area contributed by atoms with Gasteiger partial charge in [-0.3, -0.25) is 9.59 Å². The molecular formula is C30H33N3O5. The van der Waals surface area contributed by atoms with E-state index in [9.17, 15) is 9.59 Å². The molecule has 2 aliphatic heterocycles. The molecule has 0 spiro atoms. The largest absolute Gasteiger partial charge is 0.493 e. The van der Waals surface area contributed by atoms with Crippen LogP contribution in [0.1, 0.15) is 33.9 Å². The molecule has 1 fully saturated rings. The molecule has 38 heavy (non-hydrogen) atoms. The van der Waals surface area contributed by atoms with Crippen LogP contribution >= 0.6 is 0 Å². The lowest BCUT2D eigenvalue weighted by atomic mass is 9.99. The van der Waals surface area contributed by atoms with Crippen molar-refractivity contribution >= 4 is 17.5 Å². The second-order valence-corrected chi connectivity index (χ2v) is 9.47. The summed E-state index contributed by atoms with van der Waals surface area (Å²) in [5.74, 6) is 1.37. The molecule has 0 radical (unpaired) electrons. The Bertz CT molecular complexity index is 1280. The van der Waals surface area contributed by atoms with Gasteiger partial charge in [-0.05, 0) is 41.5 Å². The summed E-state index contributed by atoms with van der Waals surface area (Å²) >= 11 is 0. The molecule has 198 valence electrons. The Morgan fingerprint density at radius 3 is 2.08 bits per heavy atom. The number of benzene rings is 3. The van der Waals surface area contributed by atoms with Crippen LogP contribution < -0.4 is 19.1 Å². The topological polar surface area (TPSA) is 71.6 Å². The number of hydrogen-bond acceptors (Lipinski definition) is 6. The van der Waals surface area contributed by atoms with Gasteiger partial charge in [-0.2, -0.15) is 0 Å². The molecule has 0 bridgehead atoms. The van der Waals surface area contributed by atoms with Crippen molar-refractivity contribution in [2.75, 3.05) is 52.4 Å². The number of nitrogens with zero attached hydrogens (tertiary/aromatic N) is 3. The molecule has 2 aliphatic rings. The smallest absolute Gasteiger partial charge is 0.255 e. The predicted molar refractivity (Wildman–Crippen MR) is 145 cm³/mol. The Morgan fingerprint density at radius 2 is 1.47 bits per heavy atom. The number of methoxy groups -OCH3 is 3. The number of para-hydroxylation sites is 1. The van der Waals surface area contributed by atoms with Gasteiger partial charge in [-0.1, -0.05) is 36.4 Å². The van der Waals surface area contributed by atoms with Crippen LogP contribution in [0.4, 0.5) is 5.69 Å². The summed E-state index contributed by atoms with van der Waals surface area (Å²) in [6.45, 7) is 3.22. The van der Waals surface area contributed by atoms with Gasteiger partial charge in [0, 0.05) is 44.0 Å². The third-order valence-electron chi connectivity index (χ3n) is 7.42. The first kappa shape index (κ1) is 25.4. The van der Waals surface area contributed by atoms with E-state index in [4.69, 9.17) is 14.2 Å². The van der Waals surface area contributed by atoms with Crippen LogP contribution in [0.15, 0.2) is 66.7 Å². The molecule has 8 nitrogen and oxygen atoms in total. The fourth-order valence-corrected chi connectivity index (χ4v) is 5.38. The van der Waals surface area contributed by atoms with Gasteiger partial charge in [0.1, 0.15) is 0 Å². The molecule has 1 saturated heterocycles. The Morgan fingerprint density at radius 1 is 0.842 bits per heavy atom. The maximum Gasteiger partial charge on any atom is 0.255 e. The maximum absolute atomic E-state index is 13.7. The normalized spacial score (nSPS) is 15.8. The summed E-state index contributed by atoms with van der Waals surface area (Å²) in [6, 6.07) is 21.0. The van der Waals surface area contributed by atoms with Gasteiger partial charge in [0.2, 0.25) is 11.7 Å². The van der Waals surface area contributed by atoms with Crippen LogP contribution in [0.25, 0.3) is 0 Å². The third kappa shape index (κ3) is 4.86. The number of ether oxygens (including phenoxy) is 3. The monoisotopic (exact) mass is 515 g/mol. The zero-order valence-corrected chi connectivity index (χ0v) is 22.1. The molecule has 2 heterocycles. The van der Waals surface area contributed by atoms with Crippen molar-refractivity contribution in [2.45, 2.75) is 19.0 Å². The highest BCUT2D eigenvalue weighted by Gasteiger charge is 2.36. The quantitative estimate of drug-likeness (QED) is 0.449. The van der Waals surface area contributed by atoms with E-state index < -0.39 is 6.04 Å². The van der Waals surface area contributed by atoms with Gasteiger partial charge in [0.25, 0.3) is 5.91 Å². The average Bonchev–Trinajstić information content (AvgIpc) is 3.31. The zero-order chi connectivity index (χ0) is 26.6. The first-order valence-electron chi connectivity index (χ1n) is 12.8. The maximum atomic E-state index is 13.7. The number of piperazine rings is 1. The van der Waals surface area contributed by atoms with Crippen LogP contribution in [-0.4, -0.2) is 69.1 Å². The number of anilines is 1. The predicted octanol–water partition coefficient (Wildman–Crippen LogP) is 4.15. The van der Waals surface area contributed by atoms with E-state index in [1.54, 1.807) is 26.2 Å². The van der Waals surface area contributed by atoms with Crippen LogP contribution in [-0.2, 0) is 11.3 Å². The summed E-state index contributed by atoms with van der Waals surface area (Å²) in [6.07, 6.45) is 0.156. The molecule has 3 aromatic rings. The summed E-state index contributed by atoms with van der Waals surface area (Å²) in [4.78, 5) is 33.2. The van der Waals surface area contributed by atoms with Crippen molar-refractivity contribution < 1.29 is 23.8 Å². The Kier molecular flexibility index (Phi) is 7.40. The highest BCUT2D eigenvalue weighted by atomic mass is 16.5. The van der Waals surface area contributed by atoms with Crippen molar-refractivity contribution in [3.63, 3.8) is 0 Å². The molecule has 0 aliphatic carbocycles. The number of amides is 2. The fraction of sp³-hybridized carbons (Fsp3) is 0.333. The third-order valence-corrected chi connectivity index (χ3v) is 7.42. The Balaban J connectivity index is 1.42. The first-order chi connectivity index (χ1) is 18.5. The molecule has 0 aromatic heterocycles. The second kappa shape index (κ2) is 11.0. The van der Waals surface area contributed by atoms with E-state index >= 15 is 0 Å². The number of fused-ring (bicyclic) bond motifs is 1. The van der Waals surface area contributed by atoms with Gasteiger partial charge in [-0.25, -0.2) is 0 Å². The lowest BCUT2D eigenvalue weighted by Gasteiger charge is -2.37. The van der Waals surface area contributed by atoms with E-state index in [-0.39, 0.29) is 18.2 Å². The number of hydrogen-bond donors (Lipinski definition) is 0. The lowest BCUT2D eigenvalue weighted by Crippen LogP contribution is -2.49. The highest BCUT2D eigenvalue weighted by molar-refractivity contribution is 5.99. The number of rotatable bonds is 8. The lowest BCUT2D eigenvalue weighted by molar-refractivity contribution is -0.132. The van der Waals surface area contributed by atoms with Gasteiger partial charge in [-0.15, -0.1) is 0 Å². The summed E-state index contributed by atoms with van der Waals surface area (Å²) in [7, 11) is 4.67. The van der Waals surface area contributed by atoms with Gasteiger partial charge < -0.3 is 28.9 Å². The summed E-state index contributed by atoms with van der Waals surface area (Å²) < 4.78 is 16.7. The van der Waals surface area contributed by atoms with E-state index in [1.165, 1.54) is 0 Å². The van der Waals surface area contributed by atoms with Crippen molar-refractivity contribution in [1.29, 1.82) is 0 Å². The molecule has 0 saturated carbocycles. The molecule has 1 atom stereocenters. The number of carbonyl (C=O) groups is 2. The molecule has 3 aromatic carbocycles. The fourth-order valence-electron chi connectivity index (χ4n) is 5.38. The van der Waals surface area contributed by atoms with Gasteiger partial charge >= 0.3 is 0 Å². The standard InChI is InChI=1S/C30H33N3O5/c1-36-26-17-22(18-27(37-2)29(26)38-3)25(33-20-21-9-7-8-12-24(21)30(33)35)19-28(34)32-15-13-31(14-16-32)23-10-5-4-6-11-23/h4-12,17-18,25H,13-16,19-20H2,1-3H3.